The molecule has 5 rings (SSSR count). The van der Waals surface area contributed by atoms with Crippen LogP contribution in [0.3, 0.4) is 0 Å². The van der Waals surface area contributed by atoms with Crippen molar-refractivity contribution >= 4 is 34.2 Å². The molecule has 6 N–H and O–H groups in total. The van der Waals surface area contributed by atoms with Crippen LogP contribution in [0.4, 0.5) is 27.5 Å². The summed E-state index contributed by atoms with van der Waals surface area (Å²) in [5, 5.41) is 3.99. The zero-order valence-electron chi connectivity index (χ0n) is 16.2. The molecule has 0 amide bonds. The Balaban J connectivity index is 1.57. The minimum absolute atomic E-state index is 0.0417. The molecule has 5 aromatic rings. The lowest BCUT2D eigenvalue weighted by Gasteiger charge is -2.14. The standard InChI is InChI=1S/C22H17FN8/c23-15-11-13(1-2-17(15)29-16-6-10-28-21-14(16)5-9-27-21)18-19(12-3-7-26-8-4-12)30-22(25)31-20(18)24/h1-11H,(H2,27,28,29)(H4,24,25,30,31). The second-order valence-electron chi connectivity index (χ2n) is 6.84. The number of H-pyrrole nitrogens is 1. The van der Waals surface area contributed by atoms with Crippen LogP contribution in [0.15, 0.2) is 67.3 Å². The van der Waals surface area contributed by atoms with Crippen LogP contribution in [0.5, 0.6) is 0 Å². The first-order valence-corrected chi connectivity index (χ1v) is 9.42. The van der Waals surface area contributed by atoms with E-state index in [2.05, 4.69) is 30.2 Å². The minimum Gasteiger partial charge on any atom is -0.383 e. The van der Waals surface area contributed by atoms with Crippen LogP contribution < -0.4 is 16.8 Å². The lowest BCUT2D eigenvalue weighted by molar-refractivity contribution is 0.632. The molecule has 0 unspecified atom stereocenters. The van der Waals surface area contributed by atoms with Crippen LogP contribution in [0, 0.1) is 5.82 Å². The number of anilines is 4. The van der Waals surface area contributed by atoms with Crippen LogP contribution in [-0.2, 0) is 0 Å². The van der Waals surface area contributed by atoms with E-state index in [1.165, 1.54) is 6.07 Å². The Morgan fingerprint density at radius 1 is 0.871 bits per heavy atom. The van der Waals surface area contributed by atoms with Gasteiger partial charge in [0.2, 0.25) is 5.95 Å². The molecule has 0 atom stereocenters. The van der Waals surface area contributed by atoms with Crippen molar-refractivity contribution in [1.82, 2.24) is 24.9 Å². The largest absolute Gasteiger partial charge is 0.383 e. The van der Waals surface area contributed by atoms with E-state index in [4.69, 9.17) is 11.5 Å². The fourth-order valence-corrected chi connectivity index (χ4v) is 3.49. The molecular weight excluding hydrogens is 395 g/mol. The molecule has 9 heteroatoms. The van der Waals surface area contributed by atoms with Gasteiger partial charge in [-0.1, -0.05) is 6.07 Å². The number of halogens is 1. The summed E-state index contributed by atoms with van der Waals surface area (Å²) in [7, 11) is 0. The molecule has 0 saturated heterocycles. The quantitative estimate of drug-likeness (QED) is 0.349. The van der Waals surface area contributed by atoms with E-state index < -0.39 is 5.82 Å². The molecule has 0 bridgehead atoms. The third kappa shape index (κ3) is 3.38. The van der Waals surface area contributed by atoms with E-state index >= 15 is 4.39 Å². The fraction of sp³-hybridized carbons (Fsp3) is 0. The maximum absolute atomic E-state index is 15.1. The van der Waals surface area contributed by atoms with Crippen molar-refractivity contribution < 1.29 is 4.39 Å². The van der Waals surface area contributed by atoms with E-state index in [-0.39, 0.29) is 11.8 Å². The number of nitrogen functional groups attached to an aromatic ring is 2. The van der Waals surface area contributed by atoms with Gasteiger partial charge in [-0.2, -0.15) is 4.98 Å². The van der Waals surface area contributed by atoms with Gasteiger partial charge in [0.05, 0.1) is 22.6 Å². The molecule has 4 heterocycles. The highest BCUT2D eigenvalue weighted by Gasteiger charge is 2.17. The number of fused-ring (bicyclic) bond motifs is 1. The zero-order valence-corrected chi connectivity index (χ0v) is 16.2. The van der Waals surface area contributed by atoms with Crippen molar-refractivity contribution in [2.45, 2.75) is 0 Å². The van der Waals surface area contributed by atoms with Gasteiger partial charge in [0.15, 0.2) is 0 Å². The van der Waals surface area contributed by atoms with Crippen molar-refractivity contribution in [3.63, 3.8) is 0 Å². The average molecular weight is 412 g/mol. The van der Waals surface area contributed by atoms with Gasteiger partial charge in [-0.05, 0) is 42.0 Å². The van der Waals surface area contributed by atoms with Gasteiger partial charge < -0.3 is 21.8 Å². The summed E-state index contributed by atoms with van der Waals surface area (Å²) in [6.07, 6.45) is 6.71. The Bertz CT molecular complexity index is 1400. The summed E-state index contributed by atoms with van der Waals surface area (Å²) >= 11 is 0. The second kappa shape index (κ2) is 7.38. The molecule has 0 aliphatic carbocycles. The lowest BCUT2D eigenvalue weighted by Crippen LogP contribution is -2.05. The highest BCUT2D eigenvalue weighted by atomic mass is 19.1. The molecule has 31 heavy (non-hydrogen) atoms. The average Bonchev–Trinajstić information content (AvgIpc) is 3.25. The molecule has 152 valence electrons. The second-order valence-corrected chi connectivity index (χ2v) is 6.84. The summed E-state index contributed by atoms with van der Waals surface area (Å²) in [6.45, 7) is 0. The lowest BCUT2D eigenvalue weighted by atomic mass is 9.99. The zero-order chi connectivity index (χ0) is 21.4. The summed E-state index contributed by atoms with van der Waals surface area (Å²) < 4.78 is 15.1. The number of nitrogens with zero attached hydrogens (tertiary/aromatic N) is 4. The van der Waals surface area contributed by atoms with Gasteiger partial charge in [0.25, 0.3) is 0 Å². The number of aromatic nitrogens is 5. The van der Waals surface area contributed by atoms with E-state index in [1.807, 2.05) is 6.07 Å². The summed E-state index contributed by atoms with van der Waals surface area (Å²) in [4.78, 5) is 19.7. The SMILES string of the molecule is Nc1nc(N)c(-c2ccc(Nc3ccnc4[nH]ccc34)c(F)c2)c(-c2ccncc2)n1. The Morgan fingerprint density at radius 3 is 2.52 bits per heavy atom. The predicted octanol–water partition coefficient (Wildman–Crippen LogP) is 4.13. The maximum Gasteiger partial charge on any atom is 0.222 e. The number of pyridine rings is 2. The van der Waals surface area contributed by atoms with Gasteiger partial charge in [0, 0.05) is 35.7 Å². The summed E-state index contributed by atoms with van der Waals surface area (Å²) in [5.74, 6) is -0.238. The maximum atomic E-state index is 15.1. The number of aromatic amines is 1. The fourth-order valence-electron chi connectivity index (χ4n) is 3.49. The van der Waals surface area contributed by atoms with Crippen molar-refractivity contribution in [2.75, 3.05) is 16.8 Å². The summed E-state index contributed by atoms with van der Waals surface area (Å²) in [6, 6.07) is 12.0. The summed E-state index contributed by atoms with van der Waals surface area (Å²) in [5.41, 5.74) is 16.0. The number of rotatable bonds is 4. The molecule has 0 saturated carbocycles. The molecule has 0 aliphatic rings. The normalized spacial score (nSPS) is 11.0. The van der Waals surface area contributed by atoms with Gasteiger partial charge in [0.1, 0.15) is 17.3 Å². The van der Waals surface area contributed by atoms with Crippen LogP contribution in [0.1, 0.15) is 0 Å². The van der Waals surface area contributed by atoms with Gasteiger partial charge >= 0.3 is 0 Å². The first-order valence-electron chi connectivity index (χ1n) is 9.42. The molecule has 0 fully saturated rings. The van der Waals surface area contributed by atoms with Gasteiger partial charge in [-0.15, -0.1) is 0 Å². The smallest absolute Gasteiger partial charge is 0.222 e. The van der Waals surface area contributed by atoms with E-state index in [1.54, 1.807) is 55.1 Å². The van der Waals surface area contributed by atoms with Gasteiger partial charge in [-0.25, -0.2) is 14.4 Å². The highest BCUT2D eigenvalue weighted by Crippen LogP contribution is 2.36. The molecular formula is C22H17FN8. The van der Waals surface area contributed by atoms with E-state index in [0.29, 0.717) is 22.5 Å². The van der Waals surface area contributed by atoms with Crippen molar-refractivity contribution in [2.24, 2.45) is 0 Å². The number of hydrogen-bond donors (Lipinski definition) is 4. The van der Waals surface area contributed by atoms with Crippen LogP contribution in [0.2, 0.25) is 0 Å². The molecule has 4 aromatic heterocycles. The predicted molar refractivity (Wildman–Crippen MR) is 119 cm³/mol. The molecule has 1 aromatic carbocycles. The van der Waals surface area contributed by atoms with Crippen molar-refractivity contribution in [3.05, 3.63) is 73.1 Å². The molecule has 0 aliphatic heterocycles. The monoisotopic (exact) mass is 412 g/mol. The van der Waals surface area contributed by atoms with Crippen LogP contribution in [0.25, 0.3) is 33.4 Å². The van der Waals surface area contributed by atoms with E-state index in [9.17, 15) is 0 Å². The van der Waals surface area contributed by atoms with Crippen LogP contribution >= 0.6 is 0 Å². The Labute approximate surface area is 176 Å². The minimum atomic E-state index is -0.449. The Hall–Kier alpha value is -4.53. The topological polar surface area (TPSA) is 131 Å². The number of nitrogens with one attached hydrogen (secondary N) is 2. The first-order chi connectivity index (χ1) is 15.1. The molecule has 0 radical (unpaired) electrons. The molecule has 0 spiro atoms. The Kier molecular flexibility index (Phi) is 4.40. The van der Waals surface area contributed by atoms with E-state index in [0.717, 1.165) is 22.3 Å². The number of benzene rings is 1. The highest BCUT2D eigenvalue weighted by molar-refractivity contribution is 5.92. The van der Waals surface area contributed by atoms with Crippen molar-refractivity contribution in [3.8, 4) is 22.4 Å². The third-order valence-electron chi connectivity index (χ3n) is 4.90. The van der Waals surface area contributed by atoms with Crippen LogP contribution in [-0.4, -0.2) is 24.9 Å². The first kappa shape index (κ1) is 18.5. The third-order valence-corrected chi connectivity index (χ3v) is 4.90. The Morgan fingerprint density at radius 2 is 1.71 bits per heavy atom. The molecule has 8 nitrogen and oxygen atoms in total. The number of nitrogens with two attached hydrogens (primary N) is 2. The number of hydrogen-bond acceptors (Lipinski definition) is 7. The van der Waals surface area contributed by atoms with Gasteiger partial charge in [-0.3, -0.25) is 4.98 Å². The van der Waals surface area contributed by atoms with Crippen molar-refractivity contribution in [1.29, 1.82) is 0 Å².